The molecule has 0 radical (unpaired) electrons. The molecule has 8 heteroatoms. The summed E-state index contributed by atoms with van der Waals surface area (Å²) < 4.78 is 1.83. The first-order valence-corrected chi connectivity index (χ1v) is 10.0. The summed E-state index contributed by atoms with van der Waals surface area (Å²) in [4.78, 5) is 8.45. The number of nitrogens with one attached hydrogen (secondary N) is 1. The smallest absolute Gasteiger partial charge is 0.185 e. The number of rotatable bonds is 4. The second kappa shape index (κ2) is 6.61. The third-order valence-corrected chi connectivity index (χ3v) is 6.46. The molecule has 1 aliphatic heterocycles. The molecule has 3 heterocycles. The molecule has 2 aromatic heterocycles. The first kappa shape index (κ1) is 16.7. The Hall–Kier alpha value is -2.45. The molecular formula is C19H20N6OS. The Morgan fingerprint density at radius 3 is 2.89 bits per heavy atom. The van der Waals surface area contributed by atoms with Crippen molar-refractivity contribution in [2.24, 2.45) is 0 Å². The molecule has 1 aromatic carbocycles. The van der Waals surface area contributed by atoms with Crippen molar-refractivity contribution in [3.8, 4) is 22.8 Å². The van der Waals surface area contributed by atoms with Crippen LogP contribution in [0.4, 0.5) is 0 Å². The Balaban J connectivity index is 1.31. The van der Waals surface area contributed by atoms with Crippen LogP contribution >= 0.6 is 11.8 Å². The van der Waals surface area contributed by atoms with Gasteiger partial charge in [0.05, 0.1) is 23.8 Å². The van der Waals surface area contributed by atoms with E-state index in [2.05, 4.69) is 25.5 Å². The zero-order valence-electron chi connectivity index (χ0n) is 14.7. The van der Waals surface area contributed by atoms with Crippen molar-refractivity contribution >= 4 is 11.8 Å². The third kappa shape index (κ3) is 3.42. The lowest BCUT2D eigenvalue weighted by Crippen LogP contribution is -2.41. The molecule has 1 spiro atoms. The number of benzene rings is 1. The maximum Gasteiger partial charge on any atom is 0.185 e. The average molecular weight is 380 g/mol. The zero-order valence-corrected chi connectivity index (χ0v) is 15.6. The van der Waals surface area contributed by atoms with E-state index in [-0.39, 0.29) is 5.75 Å². The van der Waals surface area contributed by atoms with Crippen LogP contribution in [0.5, 0.6) is 5.75 Å². The molecule has 2 N–H and O–H groups in total. The van der Waals surface area contributed by atoms with E-state index in [4.69, 9.17) is 0 Å². The van der Waals surface area contributed by atoms with Gasteiger partial charge in [0.25, 0.3) is 0 Å². The lowest BCUT2D eigenvalue weighted by atomic mass is 10.0. The molecule has 1 atom stereocenters. The van der Waals surface area contributed by atoms with Crippen LogP contribution < -0.4 is 5.32 Å². The third-order valence-electron chi connectivity index (χ3n) is 5.29. The van der Waals surface area contributed by atoms with E-state index in [0.29, 0.717) is 22.2 Å². The standard InChI is InChI=1S/C19H20N6OS/c26-16-9-13(25-8-7-20-12-25)1-2-15(16)18-21-11-17(23-24-18)27-14-3-6-22-19(10-14)4-5-19/h1-2,7-9,11-12,14,22,26H,3-6,10H2. The van der Waals surface area contributed by atoms with Gasteiger partial charge in [-0.2, -0.15) is 0 Å². The molecule has 1 saturated carbocycles. The van der Waals surface area contributed by atoms with Crippen LogP contribution in [0.1, 0.15) is 25.7 Å². The van der Waals surface area contributed by atoms with Crippen molar-refractivity contribution in [1.29, 1.82) is 0 Å². The van der Waals surface area contributed by atoms with Crippen molar-refractivity contribution in [2.75, 3.05) is 6.54 Å². The molecule has 0 amide bonds. The number of hydrogen-bond acceptors (Lipinski definition) is 7. The first-order valence-electron chi connectivity index (χ1n) is 9.14. The van der Waals surface area contributed by atoms with Gasteiger partial charge in [0, 0.05) is 29.2 Å². The monoisotopic (exact) mass is 380 g/mol. The molecule has 0 bridgehead atoms. The highest BCUT2D eigenvalue weighted by Gasteiger charge is 2.46. The molecule has 2 fully saturated rings. The second-order valence-electron chi connectivity index (χ2n) is 7.23. The highest BCUT2D eigenvalue weighted by molar-refractivity contribution is 7.99. The van der Waals surface area contributed by atoms with Crippen LogP contribution in [0, 0.1) is 0 Å². The number of aromatic hydroxyl groups is 1. The van der Waals surface area contributed by atoms with Crippen LogP contribution in [0.15, 0.2) is 48.1 Å². The Kier molecular flexibility index (Phi) is 4.09. The van der Waals surface area contributed by atoms with E-state index in [1.165, 1.54) is 19.3 Å². The number of imidazole rings is 1. The molecule has 5 rings (SSSR count). The lowest BCUT2D eigenvalue weighted by molar-refractivity contribution is 0.393. The minimum absolute atomic E-state index is 0.123. The molecule has 138 valence electrons. The molecule has 1 unspecified atom stereocenters. The van der Waals surface area contributed by atoms with Gasteiger partial charge in [-0.05, 0) is 44.4 Å². The normalized spacial score (nSPS) is 20.7. The summed E-state index contributed by atoms with van der Waals surface area (Å²) in [6.07, 6.45) is 11.9. The van der Waals surface area contributed by atoms with Gasteiger partial charge in [-0.1, -0.05) is 11.8 Å². The summed E-state index contributed by atoms with van der Waals surface area (Å²) in [6, 6.07) is 5.37. The predicted molar refractivity (Wildman–Crippen MR) is 103 cm³/mol. The van der Waals surface area contributed by atoms with E-state index in [1.54, 1.807) is 42.6 Å². The Morgan fingerprint density at radius 1 is 1.26 bits per heavy atom. The number of phenols is 1. The summed E-state index contributed by atoms with van der Waals surface area (Å²) in [5.41, 5.74) is 1.80. The number of nitrogens with zero attached hydrogens (tertiary/aromatic N) is 5. The summed E-state index contributed by atoms with van der Waals surface area (Å²) in [7, 11) is 0. The predicted octanol–water partition coefficient (Wildman–Crippen LogP) is 2.81. The van der Waals surface area contributed by atoms with Crippen molar-refractivity contribution in [3.05, 3.63) is 43.1 Å². The van der Waals surface area contributed by atoms with Gasteiger partial charge < -0.3 is 15.0 Å². The van der Waals surface area contributed by atoms with E-state index in [1.807, 2.05) is 16.8 Å². The van der Waals surface area contributed by atoms with E-state index in [0.717, 1.165) is 23.7 Å². The highest BCUT2D eigenvalue weighted by Crippen LogP contribution is 2.45. The van der Waals surface area contributed by atoms with Crippen LogP contribution in [0.2, 0.25) is 0 Å². The lowest BCUT2D eigenvalue weighted by Gasteiger charge is -2.29. The number of hydrogen-bond donors (Lipinski definition) is 2. The fourth-order valence-electron chi connectivity index (χ4n) is 3.64. The van der Waals surface area contributed by atoms with E-state index < -0.39 is 0 Å². The summed E-state index contributed by atoms with van der Waals surface area (Å²) >= 11 is 1.77. The molecule has 1 saturated heterocycles. The van der Waals surface area contributed by atoms with Crippen LogP contribution in [0.25, 0.3) is 17.1 Å². The SMILES string of the molecule is Oc1cc(-n2ccnc2)ccc1-c1ncc(SC2CCNC3(CC3)C2)nn1. The molecule has 27 heavy (non-hydrogen) atoms. The fraction of sp³-hybridized carbons (Fsp3) is 0.368. The van der Waals surface area contributed by atoms with Crippen LogP contribution in [-0.4, -0.2) is 47.2 Å². The summed E-state index contributed by atoms with van der Waals surface area (Å²) in [5.74, 6) is 0.551. The largest absolute Gasteiger partial charge is 0.507 e. The van der Waals surface area contributed by atoms with Gasteiger partial charge in [0.1, 0.15) is 10.8 Å². The van der Waals surface area contributed by atoms with Crippen molar-refractivity contribution < 1.29 is 5.11 Å². The molecule has 2 aliphatic rings. The quantitative estimate of drug-likeness (QED) is 0.719. The second-order valence-corrected chi connectivity index (χ2v) is 8.55. The Morgan fingerprint density at radius 2 is 2.19 bits per heavy atom. The maximum atomic E-state index is 10.4. The zero-order chi connectivity index (χ0) is 18.3. The maximum absolute atomic E-state index is 10.4. The topological polar surface area (TPSA) is 88.8 Å². The molecule has 7 nitrogen and oxygen atoms in total. The van der Waals surface area contributed by atoms with E-state index >= 15 is 0 Å². The minimum atomic E-state index is 0.123. The van der Waals surface area contributed by atoms with Gasteiger partial charge in [-0.15, -0.1) is 10.2 Å². The van der Waals surface area contributed by atoms with E-state index in [9.17, 15) is 5.11 Å². The van der Waals surface area contributed by atoms with Gasteiger partial charge in [0.2, 0.25) is 0 Å². The minimum Gasteiger partial charge on any atom is -0.507 e. The molecular weight excluding hydrogens is 360 g/mol. The van der Waals surface area contributed by atoms with Gasteiger partial charge in [-0.3, -0.25) is 0 Å². The fourth-order valence-corrected chi connectivity index (χ4v) is 4.82. The number of aromatic nitrogens is 5. The van der Waals surface area contributed by atoms with Crippen molar-refractivity contribution in [1.82, 2.24) is 30.0 Å². The van der Waals surface area contributed by atoms with Crippen LogP contribution in [-0.2, 0) is 0 Å². The van der Waals surface area contributed by atoms with Gasteiger partial charge >= 0.3 is 0 Å². The highest BCUT2D eigenvalue weighted by atomic mass is 32.2. The van der Waals surface area contributed by atoms with Gasteiger partial charge in [0.15, 0.2) is 5.82 Å². The number of piperidine rings is 1. The van der Waals surface area contributed by atoms with Gasteiger partial charge in [-0.25, -0.2) is 9.97 Å². The number of phenolic OH excluding ortho intramolecular Hbond substituents is 1. The average Bonchev–Trinajstić information content (AvgIpc) is 3.20. The van der Waals surface area contributed by atoms with Crippen molar-refractivity contribution in [2.45, 2.75) is 41.5 Å². The molecule has 1 aliphatic carbocycles. The number of thioether (sulfide) groups is 1. The van der Waals surface area contributed by atoms with Crippen LogP contribution in [0.3, 0.4) is 0 Å². The van der Waals surface area contributed by atoms with Crippen molar-refractivity contribution in [3.63, 3.8) is 0 Å². The first-order chi connectivity index (χ1) is 13.2. The summed E-state index contributed by atoms with van der Waals surface area (Å²) in [6.45, 7) is 1.08. The Bertz CT molecular complexity index is 939. The summed E-state index contributed by atoms with van der Waals surface area (Å²) in [5, 5.41) is 24.0. The Labute approximate surface area is 161 Å². The molecule has 3 aromatic rings.